The van der Waals surface area contributed by atoms with Gasteiger partial charge in [0.25, 0.3) is 5.91 Å². The SMILES string of the molecule is CC(=O)c1nn(CC(=O)N2C3[C@@H](C)[C@@]3(CN(C)C)C[C@H]2C(=O)Nc2nc(Br)ccc2C)c2cc(C(=O)NS(=O)(=O)C3CC3)ccc12. The molecule has 3 fully saturated rings. The van der Waals surface area contributed by atoms with Crippen molar-refractivity contribution in [3.8, 4) is 0 Å². The summed E-state index contributed by atoms with van der Waals surface area (Å²) in [5, 5.41) is 7.21. The number of rotatable bonds is 10. The van der Waals surface area contributed by atoms with E-state index in [1.807, 2.05) is 27.1 Å². The molecule has 2 N–H and O–H groups in total. The molecule has 4 atom stereocenters. The Hall–Kier alpha value is -3.69. The molecule has 13 nitrogen and oxygen atoms in total. The van der Waals surface area contributed by atoms with E-state index in [0.717, 1.165) is 5.56 Å². The summed E-state index contributed by atoms with van der Waals surface area (Å²) >= 11 is 3.35. The molecule has 0 bridgehead atoms. The molecule has 0 spiro atoms. The Kier molecular flexibility index (Phi) is 8.08. The number of ketones is 1. The third-order valence-electron chi connectivity index (χ3n) is 9.41. The Labute approximate surface area is 275 Å². The first-order valence-electron chi connectivity index (χ1n) is 15.1. The van der Waals surface area contributed by atoms with Crippen LogP contribution in [0.25, 0.3) is 10.9 Å². The van der Waals surface area contributed by atoms with Crippen LogP contribution in [0.1, 0.15) is 59.5 Å². The number of Topliss-reactive ketones (excluding diaryl/α,β-unsaturated/α-hetero) is 1. The standard InChI is InChI=1S/C31H36BrN7O6S/c1-16-6-11-24(32)33-28(16)34-30(43)23-13-31(15-37(4)5)17(2)27(31)39(23)25(41)14-38-22-12-19(7-10-21(22)26(35-38)18(3)40)29(42)36-46(44,45)20-8-9-20/h6-7,10-12,17,20,23,27H,8-9,13-15H2,1-5H3,(H,36,42)(H,33,34,43)/t17-,23+,27?,31+/m1/s1. The lowest BCUT2D eigenvalue weighted by Crippen LogP contribution is -2.47. The predicted molar refractivity (Wildman–Crippen MR) is 174 cm³/mol. The van der Waals surface area contributed by atoms with Crippen LogP contribution in [0, 0.1) is 18.3 Å². The molecule has 2 aliphatic carbocycles. The number of benzene rings is 1. The van der Waals surface area contributed by atoms with Crippen molar-refractivity contribution in [2.45, 2.75) is 63.9 Å². The van der Waals surface area contributed by atoms with Gasteiger partial charge in [0.05, 0.1) is 10.8 Å². The van der Waals surface area contributed by atoms with Crippen LogP contribution in [0.4, 0.5) is 5.82 Å². The number of halogens is 1. The lowest BCUT2D eigenvalue weighted by Gasteiger charge is -2.28. The number of carbonyl (C=O) groups is 4. The zero-order valence-electron chi connectivity index (χ0n) is 26.2. The summed E-state index contributed by atoms with van der Waals surface area (Å²) in [6.07, 6.45) is 1.48. The smallest absolute Gasteiger partial charge is 0.264 e. The maximum Gasteiger partial charge on any atom is 0.264 e. The van der Waals surface area contributed by atoms with Crippen LogP contribution in [0.15, 0.2) is 34.9 Å². The fraction of sp³-hybridized carbons (Fsp3) is 0.484. The van der Waals surface area contributed by atoms with Gasteiger partial charge in [0.2, 0.25) is 21.8 Å². The van der Waals surface area contributed by atoms with E-state index in [9.17, 15) is 27.6 Å². The maximum absolute atomic E-state index is 14.2. The number of nitrogens with one attached hydrogen (secondary N) is 2. The number of likely N-dealkylation sites (tertiary alicyclic amines) is 1. The predicted octanol–water partition coefficient (Wildman–Crippen LogP) is 2.73. The normalized spacial score (nSPS) is 23.8. The van der Waals surface area contributed by atoms with Crippen LogP contribution in [-0.4, -0.2) is 94.5 Å². The van der Waals surface area contributed by atoms with E-state index in [1.54, 1.807) is 11.0 Å². The van der Waals surface area contributed by atoms with Gasteiger partial charge in [-0.2, -0.15) is 5.10 Å². The molecule has 3 heterocycles. The van der Waals surface area contributed by atoms with E-state index >= 15 is 0 Å². The van der Waals surface area contributed by atoms with Crippen LogP contribution in [-0.2, 0) is 26.2 Å². The lowest BCUT2D eigenvalue weighted by molar-refractivity contribution is -0.138. The van der Waals surface area contributed by atoms with E-state index < -0.39 is 27.2 Å². The number of fused-ring (bicyclic) bond motifs is 2. The summed E-state index contributed by atoms with van der Waals surface area (Å²) in [5.74, 6) is -1.28. The first-order valence-corrected chi connectivity index (χ1v) is 17.4. The summed E-state index contributed by atoms with van der Waals surface area (Å²) in [7, 11) is 0.148. The number of aromatic nitrogens is 3. The number of sulfonamides is 1. The van der Waals surface area contributed by atoms with Crippen molar-refractivity contribution in [3.05, 3.63) is 51.8 Å². The van der Waals surface area contributed by atoms with Gasteiger partial charge in [-0.25, -0.2) is 18.1 Å². The van der Waals surface area contributed by atoms with Crippen molar-refractivity contribution in [2.75, 3.05) is 26.0 Å². The molecule has 1 unspecified atom stereocenters. The molecule has 3 amide bonds. The summed E-state index contributed by atoms with van der Waals surface area (Å²) in [4.78, 5) is 61.6. The topological polar surface area (TPSA) is 164 Å². The van der Waals surface area contributed by atoms with Crippen molar-refractivity contribution in [1.29, 1.82) is 0 Å². The van der Waals surface area contributed by atoms with Crippen LogP contribution >= 0.6 is 15.9 Å². The van der Waals surface area contributed by atoms with Gasteiger partial charge in [0, 0.05) is 35.9 Å². The Morgan fingerprint density at radius 3 is 2.50 bits per heavy atom. The quantitative estimate of drug-likeness (QED) is 0.238. The second-order valence-corrected chi connectivity index (χ2v) is 15.8. The number of piperidine rings is 1. The average Bonchev–Trinajstić information content (AvgIpc) is 3.84. The number of aryl methyl sites for hydroxylation is 1. The Bertz CT molecular complexity index is 1910. The van der Waals surface area contributed by atoms with Crippen molar-refractivity contribution in [3.63, 3.8) is 0 Å². The molecule has 0 radical (unpaired) electrons. The molecule has 6 rings (SSSR count). The molecule has 3 aromatic rings. The van der Waals surface area contributed by atoms with Gasteiger partial charge in [-0.1, -0.05) is 13.0 Å². The van der Waals surface area contributed by atoms with E-state index in [1.165, 1.54) is 29.8 Å². The molecule has 1 saturated heterocycles. The zero-order valence-corrected chi connectivity index (χ0v) is 28.6. The summed E-state index contributed by atoms with van der Waals surface area (Å²) in [6, 6.07) is 7.07. The number of carbonyl (C=O) groups excluding carboxylic acids is 4. The minimum atomic E-state index is -3.78. The second kappa shape index (κ2) is 11.5. The number of hydrogen-bond acceptors (Lipinski definition) is 9. The van der Waals surface area contributed by atoms with Crippen LogP contribution < -0.4 is 10.0 Å². The molecule has 2 aromatic heterocycles. The first kappa shape index (κ1) is 32.3. The molecule has 1 aromatic carbocycles. The first-order chi connectivity index (χ1) is 21.6. The highest BCUT2D eigenvalue weighted by Gasteiger charge is 2.72. The van der Waals surface area contributed by atoms with Gasteiger partial charge < -0.3 is 15.1 Å². The molecule has 3 aliphatic rings. The second-order valence-electron chi connectivity index (χ2n) is 13.0. The number of hydrogen-bond donors (Lipinski definition) is 2. The molecular formula is C31H36BrN7O6S. The van der Waals surface area contributed by atoms with Crippen molar-refractivity contribution >= 4 is 66.2 Å². The Morgan fingerprint density at radius 2 is 1.85 bits per heavy atom. The fourth-order valence-corrected chi connectivity index (χ4v) is 8.58. The van der Waals surface area contributed by atoms with Gasteiger partial charge in [-0.15, -0.1) is 0 Å². The summed E-state index contributed by atoms with van der Waals surface area (Å²) < 4.78 is 28.8. The number of anilines is 1. The van der Waals surface area contributed by atoms with E-state index in [0.29, 0.717) is 47.1 Å². The highest BCUT2D eigenvalue weighted by Crippen LogP contribution is 2.64. The molecule has 15 heteroatoms. The van der Waals surface area contributed by atoms with E-state index in [-0.39, 0.29) is 52.8 Å². The van der Waals surface area contributed by atoms with Crippen molar-refractivity contribution < 1.29 is 27.6 Å². The number of amides is 3. The monoisotopic (exact) mass is 713 g/mol. The van der Waals surface area contributed by atoms with Gasteiger partial charge in [-0.05, 0) is 92.0 Å². The zero-order chi connectivity index (χ0) is 33.3. The molecule has 244 valence electrons. The molecular weight excluding hydrogens is 678 g/mol. The van der Waals surface area contributed by atoms with Crippen LogP contribution in [0.2, 0.25) is 0 Å². The minimum absolute atomic E-state index is 0.0524. The Balaban J connectivity index is 1.32. The summed E-state index contributed by atoms with van der Waals surface area (Å²) in [5.41, 5.74) is 1.01. The van der Waals surface area contributed by atoms with Gasteiger partial charge in [-0.3, -0.25) is 23.9 Å². The Morgan fingerprint density at radius 1 is 1.13 bits per heavy atom. The van der Waals surface area contributed by atoms with Crippen LogP contribution in [0.5, 0.6) is 0 Å². The maximum atomic E-state index is 14.2. The molecule has 46 heavy (non-hydrogen) atoms. The fourth-order valence-electron chi connectivity index (χ4n) is 6.98. The summed E-state index contributed by atoms with van der Waals surface area (Å²) in [6.45, 7) is 5.68. The highest BCUT2D eigenvalue weighted by atomic mass is 79.9. The van der Waals surface area contributed by atoms with Crippen molar-refractivity contribution in [2.24, 2.45) is 11.3 Å². The third-order valence-corrected chi connectivity index (χ3v) is 11.7. The largest absolute Gasteiger partial charge is 0.325 e. The minimum Gasteiger partial charge on any atom is -0.325 e. The van der Waals surface area contributed by atoms with Gasteiger partial charge in [0.1, 0.15) is 28.7 Å². The number of nitrogens with zero attached hydrogens (tertiary/aromatic N) is 5. The van der Waals surface area contributed by atoms with Gasteiger partial charge >= 0.3 is 0 Å². The van der Waals surface area contributed by atoms with E-state index in [2.05, 4.69) is 47.9 Å². The molecule has 1 aliphatic heterocycles. The lowest BCUT2D eigenvalue weighted by atomic mass is 9.95. The van der Waals surface area contributed by atoms with Gasteiger partial charge in [0.15, 0.2) is 5.78 Å². The number of pyridine rings is 1. The average molecular weight is 715 g/mol. The van der Waals surface area contributed by atoms with Crippen molar-refractivity contribution in [1.82, 2.24) is 29.3 Å². The third kappa shape index (κ3) is 5.72. The van der Waals surface area contributed by atoms with Crippen LogP contribution in [0.3, 0.4) is 0 Å². The van der Waals surface area contributed by atoms with E-state index in [4.69, 9.17) is 0 Å². The highest BCUT2D eigenvalue weighted by molar-refractivity contribution is 9.10. The molecule has 2 saturated carbocycles.